The number of hydrogen-bond donors (Lipinski definition) is 0. The molecule has 140 heavy (non-hydrogen) atoms. The van der Waals surface area contributed by atoms with Gasteiger partial charge in [0.15, 0.2) is 0 Å². The predicted octanol–water partition coefficient (Wildman–Crippen LogP) is 36.6. The minimum atomic E-state index is 0.177. The fourth-order valence-electron chi connectivity index (χ4n) is 16.7. The molecule has 8 amide bonds. The summed E-state index contributed by atoms with van der Waals surface area (Å²) >= 11 is 0. The van der Waals surface area contributed by atoms with Crippen molar-refractivity contribution in [3.63, 3.8) is 0 Å². The Hall–Kier alpha value is -4.24. The highest BCUT2D eigenvalue weighted by molar-refractivity contribution is 5.75. The van der Waals surface area contributed by atoms with Gasteiger partial charge in [-0.3, -0.25) is 38.4 Å². The summed E-state index contributed by atoms with van der Waals surface area (Å²) in [6, 6.07) is 0. The maximum absolute atomic E-state index is 11.0. The van der Waals surface area contributed by atoms with Crippen LogP contribution in [-0.4, -0.2) is 195 Å². The third-order valence-corrected chi connectivity index (χ3v) is 28.1. The minimum Gasteiger partial charge on any atom is -0.346 e. The average Bonchev–Trinajstić information content (AvgIpc) is 1.05. The highest BCUT2D eigenvalue weighted by Crippen LogP contribution is 2.20. The molecule has 0 heterocycles. The first-order valence-corrected chi connectivity index (χ1v) is 61.2. The average molecular weight is 1990 g/mol. The van der Waals surface area contributed by atoms with Crippen LogP contribution in [0.5, 0.6) is 0 Å². The van der Waals surface area contributed by atoms with Gasteiger partial charge < -0.3 is 39.2 Å². The van der Waals surface area contributed by atoms with Crippen molar-refractivity contribution in [2.75, 3.05) is 109 Å². The smallest absolute Gasteiger partial charge is 0.219 e. The summed E-state index contributed by atoms with van der Waals surface area (Å²) < 4.78 is 0. The van der Waals surface area contributed by atoms with Crippen molar-refractivity contribution >= 4 is 47.3 Å². The molecule has 0 N–H and O–H groups in total. The van der Waals surface area contributed by atoms with Gasteiger partial charge in [-0.05, 0) is 51.4 Å². The molecular formula is C124H256N8O8. The maximum Gasteiger partial charge on any atom is 0.219 e. The van der Waals surface area contributed by atoms with Gasteiger partial charge in [-0.15, -0.1) is 0 Å². The molecule has 16 nitrogen and oxygen atoms in total. The quantitative estimate of drug-likeness (QED) is 0.0544. The lowest BCUT2D eigenvalue weighted by molar-refractivity contribution is -0.128. The second kappa shape index (κ2) is 131. The number of amides is 8. The van der Waals surface area contributed by atoms with Gasteiger partial charge in [0.2, 0.25) is 47.3 Å². The Kier molecular flexibility index (Phi) is 141. The summed E-state index contributed by atoms with van der Waals surface area (Å²) in [5, 5.41) is 0. The molecule has 0 aromatic rings. The van der Waals surface area contributed by atoms with Gasteiger partial charge in [0.1, 0.15) is 0 Å². The van der Waals surface area contributed by atoms with Crippen LogP contribution in [0, 0.1) is 0 Å². The lowest BCUT2D eigenvalue weighted by Gasteiger charge is -2.13. The first kappa shape index (κ1) is 151. The van der Waals surface area contributed by atoms with Crippen molar-refractivity contribution in [1.29, 1.82) is 0 Å². The number of nitrogens with zero attached hydrogens (tertiary/aromatic N) is 8. The lowest BCUT2D eigenvalue weighted by Crippen LogP contribution is -2.24. The fourth-order valence-corrected chi connectivity index (χ4v) is 16.7. The zero-order valence-electron chi connectivity index (χ0n) is 99.9. The van der Waals surface area contributed by atoms with Crippen molar-refractivity contribution < 1.29 is 38.4 Å². The van der Waals surface area contributed by atoms with Gasteiger partial charge >= 0.3 is 0 Å². The first-order chi connectivity index (χ1) is 67.4. The van der Waals surface area contributed by atoms with E-state index in [1.165, 1.54) is 488 Å². The van der Waals surface area contributed by atoms with Crippen LogP contribution in [0.4, 0.5) is 0 Å². The molecule has 0 unspecified atom stereocenters. The first-order valence-electron chi connectivity index (χ1n) is 61.2. The molecule has 840 valence electrons. The Labute approximate surface area is 878 Å². The summed E-state index contributed by atoms with van der Waals surface area (Å²) in [5.41, 5.74) is 0. The van der Waals surface area contributed by atoms with E-state index in [9.17, 15) is 38.4 Å². The van der Waals surface area contributed by atoms with E-state index in [0.29, 0.717) is 0 Å². The topological polar surface area (TPSA) is 162 Å². The van der Waals surface area contributed by atoms with Crippen molar-refractivity contribution in [2.45, 2.75) is 650 Å². The Morgan fingerprint density at radius 1 is 0.100 bits per heavy atom. The third-order valence-electron chi connectivity index (χ3n) is 28.1. The summed E-state index contributed by atoms with van der Waals surface area (Å²) in [6.07, 6.45) is 114. The number of rotatable bonds is 92. The van der Waals surface area contributed by atoms with E-state index in [4.69, 9.17) is 0 Å². The van der Waals surface area contributed by atoms with E-state index in [1.807, 2.05) is 80.9 Å². The molecule has 0 radical (unpaired) electrons. The molecule has 16 heteroatoms. The minimum absolute atomic E-state index is 0.177. The van der Waals surface area contributed by atoms with Crippen LogP contribution in [0.1, 0.15) is 650 Å². The van der Waals surface area contributed by atoms with Crippen LogP contribution in [0.2, 0.25) is 0 Å². The molecule has 0 aromatic heterocycles. The van der Waals surface area contributed by atoms with Crippen molar-refractivity contribution in [2.24, 2.45) is 0 Å². The standard InChI is InChI=1S/C19H39NO.C18H37NO.C17H35NO.C16H33NO.C15H31NO.C14H29NO.C13H27NO.C12H25NO/c1-4-5-6-7-8-9-10-11-12-13-14-15-16-17-18-20(3)19(2)21;1-4-5-6-7-8-9-10-11-12-13-14-15-16-17-19(3)18(2)20;1-4-5-6-7-8-9-10-11-12-13-14-15-16-18(3)17(2)19;1-4-5-6-7-8-9-10-11-12-13-14-15-17(3)16(2)18;1-4-5-6-7-8-9-10-11-12-13-14-16(3)15(2)17;1-4-5-6-7-8-9-10-11-12-13-15(3)14(2)16;1-4-5-6-7-8-9-10-11-12-14(3)13(2)15;1-4-5-6-7-8-9-10-11-13(3)12(2)14/h4-18H2,1-3H3;4-17H2,1-3H3;4-16H2,1-3H3;4-15H2,1-3H3;4-14H2,1-3H3;4-13H2,1-3H3;4-12H2,1-3H3;4-11H2,1-3H3. The van der Waals surface area contributed by atoms with Crippen LogP contribution in [0.3, 0.4) is 0 Å². The molecule has 0 aliphatic rings. The second-order valence-electron chi connectivity index (χ2n) is 42.4. The van der Waals surface area contributed by atoms with E-state index >= 15 is 0 Å². The van der Waals surface area contributed by atoms with E-state index in [-0.39, 0.29) is 47.3 Å². The van der Waals surface area contributed by atoms with Gasteiger partial charge in [0, 0.05) is 164 Å². The fraction of sp³-hybridized carbons (Fsp3) is 0.935. The maximum atomic E-state index is 11.0. The van der Waals surface area contributed by atoms with Gasteiger partial charge in [-0.25, -0.2) is 0 Å². The zero-order chi connectivity index (χ0) is 106. The molecule has 0 aliphatic carbocycles. The van der Waals surface area contributed by atoms with E-state index in [0.717, 1.165) is 104 Å². The molecule has 0 fully saturated rings. The van der Waals surface area contributed by atoms with Crippen molar-refractivity contribution in [1.82, 2.24) is 39.2 Å². The van der Waals surface area contributed by atoms with Gasteiger partial charge in [-0.1, -0.05) is 543 Å². The Morgan fingerprint density at radius 3 is 0.200 bits per heavy atom. The number of carbonyl (C=O) groups excluding carboxylic acids is 8. The highest BCUT2D eigenvalue weighted by Gasteiger charge is 2.10. The molecular weight excluding hydrogens is 1730 g/mol. The van der Waals surface area contributed by atoms with Crippen LogP contribution in [-0.2, 0) is 38.4 Å². The monoisotopic (exact) mass is 1990 g/mol. The number of unbranched alkanes of at least 4 members (excludes halogenated alkanes) is 76. The zero-order valence-corrected chi connectivity index (χ0v) is 99.9. The number of hydrogen-bond acceptors (Lipinski definition) is 8. The van der Waals surface area contributed by atoms with Crippen molar-refractivity contribution in [3.05, 3.63) is 0 Å². The molecule has 0 spiro atoms. The predicted molar refractivity (Wildman–Crippen MR) is 620 cm³/mol. The van der Waals surface area contributed by atoms with Crippen LogP contribution >= 0.6 is 0 Å². The molecule has 0 bridgehead atoms. The molecule has 0 aromatic carbocycles. The Morgan fingerprint density at radius 2 is 0.150 bits per heavy atom. The molecule has 0 saturated carbocycles. The molecule has 0 atom stereocenters. The summed E-state index contributed by atoms with van der Waals surface area (Å²) in [5.74, 6) is 1.45. The number of carbonyl (C=O) groups is 8. The second-order valence-corrected chi connectivity index (χ2v) is 42.4. The summed E-state index contributed by atoms with van der Waals surface area (Å²) in [4.78, 5) is 102. The Balaban J connectivity index is -0.000000238. The van der Waals surface area contributed by atoms with Crippen LogP contribution < -0.4 is 0 Å². The van der Waals surface area contributed by atoms with Crippen molar-refractivity contribution in [3.8, 4) is 0 Å². The normalized spacial score (nSPS) is 10.6. The van der Waals surface area contributed by atoms with Crippen LogP contribution in [0.15, 0.2) is 0 Å². The summed E-state index contributed by atoms with van der Waals surface area (Å²) in [7, 11) is 15.1. The third kappa shape index (κ3) is 144. The SMILES string of the molecule is CCCCCCCCCCCCCCCCN(C)C(C)=O.CCCCCCCCCCCCCCCN(C)C(C)=O.CCCCCCCCCCCCCCN(C)C(C)=O.CCCCCCCCCCCCCN(C)C(C)=O.CCCCCCCCCCCCN(C)C(C)=O.CCCCCCCCCCCN(C)C(C)=O.CCCCCCCCCCN(C)C(C)=O.CCCCCCCCCN(C)C(C)=O. The van der Waals surface area contributed by atoms with E-state index in [1.54, 1.807) is 70.1 Å². The highest BCUT2D eigenvalue weighted by atomic mass is 16.2. The lowest BCUT2D eigenvalue weighted by atomic mass is 10.0. The molecule has 0 rings (SSSR count). The molecule has 0 saturated heterocycles. The van der Waals surface area contributed by atoms with E-state index < -0.39 is 0 Å². The van der Waals surface area contributed by atoms with Crippen LogP contribution in [0.25, 0.3) is 0 Å². The van der Waals surface area contributed by atoms with Gasteiger partial charge in [-0.2, -0.15) is 0 Å². The Bertz CT molecular complexity index is 2470. The van der Waals surface area contributed by atoms with E-state index in [2.05, 4.69) is 55.4 Å². The summed E-state index contributed by atoms with van der Waals surface area (Å²) in [6.45, 7) is 38.6. The van der Waals surface area contributed by atoms with Gasteiger partial charge in [0.25, 0.3) is 0 Å². The van der Waals surface area contributed by atoms with Gasteiger partial charge in [0.05, 0.1) is 0 Å². The largest absolute Gasteiger partial charge is 0.346 e. The molecule has 0 aliphatic heterocycles.